The van der Waals surface area contributed by atoms with E-state index in [0.717, 1.165) is 36.3 Å². The molecule has 2 aromatic rings. The molecule has 2 heteroatoms. The summed E-state index contributed by atoms with van der Waals surface area (Å²) in [6, 6.07) is 14.6. The van der Waals surface area contributed by atoms with Crippen molar-refractivity contribution >= 4 is 0 Å². The zero-order chi connectivity index (χ0) is 12.6. The van der Waals surface area contributed by atoms with Crippen LogP contribution in [-0.4, -0.2) is 0 Å². The molecule has 90 valence electrons. The third-order valence-corrected chi connectivity index (χ3v) is 3.83. The minimum absolute atomic E-state index is 0.358. The van der Waals surface area contributed by atoms with Crippen molar-refractivity contribution in [3.8, 4) is 17.4 Å². The molecule has 0 bridgehead atoms. The van der Waals surface area contributed by atoms with E-state index in [0.29, 0.717) is 0 Å². The lowest BCUT2D eigenvalue weighted by atomic mass is 9.68. The molecule has 0 spiro atoms. The van der Waals surface area contributed by atoms with E-state index in [4.69, 9.17) is 4.42 Å². The van der Waals surface area contributed by atoms with E-state index in [1.807, 2.05) is 12.1 Å². The maximum Gasteiger partial charge on any atom is 0.134 e. The van der Waals surface area contributed by atoms with Crippen LogP contribution in [0.15, 0.2) is 40.8 Å². The van der Waals surface area contributed by atoms with Crippen molar-refractivity contribution in [1.29, 1.82) is 5.26 Å². The lowest BCUT2D eigenvalue weighted by molar-refractivity contribution is 0.270. The molecule has 2 nitrogen and oxygen atoms in total. The molecule has 0 radical (unpaired) electrons. The first-order valence-electron chi connectivity index (χ1n) is 6.32. The third kappa shape index (κ3) is 1.64. The van der Waals surface area contributed by atoms with Gasteiger partial charge in [-0.15, -0.1) is 0 Å². The highest BCUT2D eigenvalue weighted by molar-refractivity contribution is 5.58. The smallest absolute Gasteiger partial charge is 0.134 e. The largest absolute Gasteiger partial charge is 0.459 e. The van der Waals surface area contributed by atoms with Gasteiger partial charge in [0.2, 0.25) is 0 Å². The summed E-state index contributed by atoms with van der Waals surface area (Å²) in [5.41, 5.74) is 1.94. The molecule has 0 saturated heterocycles. The molecule has 0 aliphatic heterocycles. The van der Waals surface area contributed by atoms with Gasteiger partial charge in [-0.1, -0.05) is 29.8 Å². The fourth-order valence-corrected chi connectivity index (χ4v) is 2.41. The molecule has 1 aromatic carbocycles. The summed E-state index contributed by atoms with van der Waals surface area (Å²) in [5.74, 6) is 1.68. The first-order chi connectivity index (χ1) is 8.73. The van der Waals surface area contributed by atoms with Crippen molar-refractivity contribution < 1.29 is 4.42 Å². The highest BCUT2D eigenvalue weighted by Gasteiger charge is 2.41. The maximum atomic E-state index is 9.30. The topological polar surface area (TPSA) is 36.9 Å². The van der Waals surface area contributed by atoms with Crippen molar-refractivity contribution in [1.82, 2.24) is 0 Å². The quantitative estimate of drug-likeness (QED) is 0.784. The van der Waals surface area contributed by atoms with Crippen LogP contribution >= 0.6 is 0 Å². The summed E-state index contributed by atoms with van der Waals surface area (Å²) in [4.78, 5) is 0. The Kier molecular flexibility index (Phi) is 2.48. The van der Waals surface area contributed by atoms with Gasteiger partial charge in [-0.25, -0.2) is 0 Å². The van der Waals surface area contributed by atoms with Crippen molar-refractivity contribution in [3.05, 3.63) is 47.7 Å². The highest BCUT2D eigenvalue weighted by Crippen LogP contribution is 2.44. The van der Waals surface area contributed by atoms with Gasteiger partial charge in [0.1, 0.15) is 16.9 Å². The van der Waals surface area contributed by atoms with E-state index >= 15 is 0 Å². The number of hydrogen-bond acceptors (Lipinski definition) is 2. The third-order valence-electron chi connectivity index (χ3n) is 3.83. The van der Waals surface area contributed by atoms with Crippen LogP contribution in [0.1, 0.15) is 30.6 Å². The predicted molar refractivity (Wildman–Crippen MR) is 70.0 cm³/mol. The normalized spacial score (nSPS) is 16.9. The van der Waals surface area contributed by atoms with Crippen LogP contribution in [-0.2, 0) is 5.41 Å². The molecule has 0 amide bonds. The molecule has 1 aromatic heterocycles. The predicted octanol–water partition coefficient (Wildman–Crippen LogP) is 4.20. The summed E-state index contributed by atoms with van der Waals surface area (Å²) in [6.07, 6.45) is 2.96. The van der Waals surface area contributed by atoms with E-state index in [2.05, 4.69) is 37.3 Å². The van der Waals surface area contributed by atoms with Gasteiger partial charge in [0.05, 0.1) is 6.07 Å². The molecule has 0 N–H and O–H groups in total. The molecular formula is C16H15NO. The van der Waals surface area contributed by atoms with Crippen molar-refractivity contribution in [2.24, 2.45) is 0 Å². The van der Waals surface area contributed by atoms with Crippen molar-refractivity contribution in [2.75, 3.05) is 0 Å². The van der Waals surface area contributed by atoms with Gasteiger partial charge in [-0.3, -0.25) is 0 Å². The number of aryl methyl sites for hydroxylation is 1. The Morgan fingerprint density at radius 2 is 1.83 bits per heavy atom. The standard InChI is InChI=1S/C16H15NO/c1-12-3-5-13(6-4-12)14-7-8-15(18-14)16(11-17)9-2-10-16/h3-8H,2,9-10H2,1H3. The molecule has 0 atom stereocenters. The molecular weight excluding hydrogens is 222 g/mol. The van der Waals surface area contributed by atoms with Gasteiger partial charge < -0.3 is 4.42 Å². The van der Waals surface area contributed by atoms with Crippen LogP contribution in [0.2, 0.25) is 0 Å². The van der Waals surface area contributed by atoms with Gasteiger partial charge in [0.15, 0.2) is 0 Å². The second-order valence-electron chi connectivity index (χ2n) is 5.08. The zero-order valence-electron chi connectivity index (χ0n) is 10.4. The minimum atomic E-state index is -0.358. The van der Waals surface area contributed by atoms with Gasteiger partial charge in [0.25, 0.3) is 0 Å². The van der Waals surface area contributed by atoms with Crippen LogP contribution in [0.25, 0.3) is 11.3 Å². The Morgan fingerprint density at radius 1 is 1.11 bits per heavy atom. The summed E-state index contributed by atoms with van der Waals surface area (Å²) in [7, 11) is 0. The Morgan fingerprint density at radius 3 is 2.39 bits per heavy atom. The van der Waals surface area contributed by atoms with Crippen LogP contribution in [0, 0.1) is 18.3 Å². The van der Waals surface area contributed by atoms with Gasteiger partial charge in [-0.2, -0.15) is 5.26 Å². The van der Waals surface area contributed by atoms with Crippen LogP contribution in [0.3, 0.4) is 0 Å². The van der Waals surface area contributed by atoms with Gasteiger partial charge in [-0.05, 0) is 38.3 Å². The first-order valence-corrected chi connectivity index (χ1v) is 6.32. The number of nitrogens with zero attached hydrogens (tertiary/aromatic N) is 1. The monoisotopic (exact) mass is 237 g/mol. The number of furan rings is 1. The van der Waals surface area contributed by atoms with Crippen molar-refractivity contribution in [2.45, 2.75) is 31.6 Å². The van der Waals surface area contributed by atoms with E-state index in [-0.39, 0.29) is 5.41 Å². The zero-order valence-corrected chi connectivity index (χ0v) is 10.4. The fraction of sp³-hybridized carbons (Fsp3) is 0.312. The SMILES string of the molecule is Cc1ccc(-c2ccc(C3(C#N)CCC3)o2)cc1. The molecule has 1 heterocycles. The number of hydrogen-bond donors (Lipinski definition) is 0. The maximum absolute atomic E-state index is 9.30. The van der Waals surface area contributed by atoms with E-state index in [1.165, 1.54) is 5.56 Å². The lowest BCUT2D eigenvalue weighted by Gasteiger charge is -2.32. The summed E-state index contributed by atoms with van der Waals surface area (Å²) in [5, 5.41) is 9.30. The molecule has 0 unspecified atom stereocenters. The summed E-state index contributed by atoms with van der Waals surface area (Å²) in [6.45, 7) is 2.07. The van der Waals surface area contributed by atoms with Gasteiger partial charge in [0, 0.05) is 5.56 Å². The molecule has 1 saturated carbocycles. The number of rotatable bonds is 2. The van der Waals surface area contributed by atoms with Crippen LogP contribution < -0.4 is 0 Å². The molecule has 1 aliphatic carbocycles. The van der Waals surface area contributed by atoms with Crippen LogP contribution in [0.5, 0.6) is 0 Å². The second-order valence-corrected chi connectivity index (χ2v) is 5.08. The summed E-state index contributed by atoms with van der Waals surface area (Å²) < 4.78 is 5.89. The molecule has 1 aliphatic rings. The molecule has 18 heavy (non-hydrogen) atoms. The van der Waals surface area contributed by atoms with Crippen molar-refractivity contribution in [3.63, 3.8) is 0 Å². The lowest BCUT2D eigenvalue weighted by Crippen LogP contribution is -2.31. The fourth-order valence-electron chi connectivity index (χ4n) is 2.41. The first kappa shape index (κ1) is 11.1. The molecule has 1 fully saturated rings. The minimum Gasteiger partial charge on any atom is -0.459 e. The average Bonchev–Trinajstić information content (AvgIpc) is 2.79. The molecule has 3 rings (SSSR count). The Labute approximate surface area is 107 Å². The highest BCUT2D eigenvalue weighted by atomic mass is 16.3. The van der Waals surface area contributed by atoms with E-state index < -0.39 is 0 Å². The number of nitriles is 1. The Hall–Kier alpha value is -2.01. The van der Waals surface area contributed by atoms with Gasteiger partial charge >= 0.3 is 0 Å². The van der Waals surface area contributed by atoms with E-state index in [1.54, 1.807) is 0 Å². The Bertz CT molecular complexity index is 597. The van der Waals surface area contributed by atoms with E-state index in [9.17, 15) is 5.26 Å². The summed E-state index contributed by atoms with van der Waals surface area (Å²) >= 11 is 0. The second kappa shape index (κ2) is 4.03. The Balaban J connectivity index is 1.95. The van der Waals surface area contributed by atoms with Crippen LogP contribution in [0.4, 0.5) is 0 Å². The average molecular weight is 237 g/mol. The number of benzene rings is 1.